The largest absolute Gasteiger partial charge is 0.507 e. The zero-order valence-corrected chi connectivity index (χ0v) is 13.7. The minimum Gasteiger partial charge on any atom is -0.507 e. The molecule has 124 valence electrons. The molecule has 0 atom stereocenters. The number of aromatic hydroxyl groups is 1. The Labute approximate surface area is 141 Å². The summed E-state index contributed by atoms with van der Waals surface area (Å²) in [5, 5.41) is 9.98. The van der Waals surface area contributed by atoms with Gasteiger partial charge in [-0.05, 0) is 37.5 Å². The lowest BCUT2D eigenvalue weighted by atomic mass is 9.88. The lowest BCUT2D eigenvalue weighted by Crippen LogP contribution is -2.40. The Balaban J connectivity index is 1.64. The van der Waals surface area contributed by atoms with Gasteiger partial charge in [0.2, 0.25) is 0 Å². The minimum absolute atomic E-state index is 0.0162. The Morgan fingerprint density at radius 1 is 1.04 bits per heavy atom. The normalized spacial score (nSPS) is 15.3. The number of ketones is 1. The highest BCUT2D eigenvalue weighted by Gasteiger charge is 2.29. The molecular weight excluding hydrogens is 302 g/mol. The van der Waals surface area contributed by atoms with Gasteiger partial charge in [-0.15, -0.1) is 0 Å². The number of rotatable bonds is 3. The molecule has 1 saturated heterocycles. The van der Waals surface area contributed by atoms with E-state index in [-0.39, 0.29) is 23.4 Å². The number of hydrogen-bond donors (Lipinski definition) is 1. The molecule has 2 aromatic rings. The fourth-order valence-corrected chi connectivity index (χ4v) is 3.18. The van der Waals surface area contributed by atoms with E-state index in [0.29, 0.717) is 31.5 Å². The topological polar surface area (TPSA) is 57.6 Å². The third-order valence-electron chi connectivity index (χ3n) is 4.59. The van der Waals surface area contributed by atoms with E-state index in [0.717, 1.165) is 11.1 Å². The van der Waals surface area contributed by atoms with E-state index in [1.807, 2.05) is 43.3 Å². The van der Waals surface area contributed by atoms with Gasteiger partial charge in [-0.25, -0.2) is 0 Å². The van der Waals surface area contributed by atoms with Crippen LogP contribution < -0.4 is 0 Å². The van der Waals surface area contributed by atoms with Crippen molar-refractivity contribution >= 4 is 11.7 Å². The van der Waals surface area contributed by atoms with Gasteiger partial charge in [0, 0.05) is 24.6 Å². The van der Waals surface area contributed by atoms with Crippen LogP contribution in [0.4, 0.5) is 0 Å². The van der Waals surface area contributed by atoms with E-state index in [4.69, 9.17) is 0 Å². The maximum Gasteiger partial charge on any atom is 0.257 e. The van der Waals surface area contributed by atoms with Crippen LogP contribution in [0.15, 0.2) is 48.5 Å². The van der Waals surface area contributed by atoms with Crippen molar-refractivity contribution in [1.82, 2.24) is 4.90 Å². The second kappa shape index (κ2) is 6.87. The maximum absolute atomic E-state index is 12.6. The van der Waals surface area contributed by atoms with Crippen molar-refractivity contribution in [1.29, 1.82) is 0 Å². The zero-order valence-electron chi connectivity index (χ0n) is 13.7. The molecule has 4 heteroatoms. The van der Waals surface area contributed by atoms with Crippen LogP contribution in [-0.4, -0.2) is 34.8 Å². The monoisotopic (exact) mass is 323 g/mol. The first-order valence-corrected chi connectivity index (χ1v) is 8.24. The number of hydrogen-bond acceptors (Lipinski definition) is 3. The molecule has 0 spiro atoms. The number of benzene rings is 2. The summed E-state index contributed by atoms with van der Waals surface area (Å²) in [5.74, 6) is -0.0375. The average molecular weight is 323 g/mol. The van der Waals surface area contributed by atoms with Crippen LogP contribution in [-0.2, 0) is 0 Å². The van der Waals surface area contributed by atoms with Gasteiger partial charge in [0.1, 0.15) is 5.75 Å². The smallest absolute Gasteiger partial charge is 0.257 e. The molecule has 4 nitrogen and oxygen atoms in total. The van der Waals surface area contributed by atoms with E-state index in [1.54, 1.807) is 17.0 Å². The maximum atomic E-state index is 12.6. The molecule has 1 aliphatic rings. The molecule has 0 aromatic heterocycles. The van der Waals surface area contributed by atoms with Crippen LogP contribution >= 0.6 is 0 Å². The summed E-state index contributed by atoms with van der Waals surface area (Å²) in [6.07, 6.45) is 1.32. The highest BCUT2D eigenvalue weighted by Crippen LogP contribution is 2.25. The van der Waals surface area contributed by atoms with Gasteiger partial charge in [-0.1, -0.05) is 36.4 Å². The van der Waals surface area contributed by atoms with Gasteiger partial charge < -0.3 is 10.0 Å². The highest BCUT2D eigenvalue weighted by molar-refractivity contribution is 5.99. The van der Waals surface area contributed by atoms with Crippen molar-refractivity contribution < 1.29 is 14.7 Å². The van der Waals surface area contributed by atoms with Crippen LogP contribution in [0.25, 0.3) is 0 Å². The van der Waals surface area contributed by atoms with Crippen LogP contribution in [0.3, 0.4) is 0 Å². The van der Waals surface area contributed by atoms with E-state index in [1.165, 1.54) is 0 Å². The van der Waals surface area contributed by atoms with Crippen molar-refractivity contribution in [2.45, 2.75) is 19.8 Å². The lowest BCUT2D eigenvalue weighted by Gasteiger charge is -2.31. The summed E-state index contributed by atoms with van der Waals surface area (Å²) in [7, 11) is 0. The summed E-state index contributed by atoms with van der Waals surface area (Å²) in [4.78, 5) is 26.8. The number of phenols is 1. The SMILES string of the molecule is Cc1ccc(C(=O)N2CCC(C(=O)c3ccccc3)CC2)c(O)c1. The second-order valence-electron chi connectivity index (χ2n) is 6.32. The van der Waals surface area contributed by atoms with Gasteiger partial charge in [-0.2, -0.15) is 0 Å². The third-order valence-corrected chi connectivity index (χ3v) is 4.59. The molecular formula is C20H21NO3. The van der Waals surface area contributed by atoms with Crippen LogP contribution in [0.5, 0.6) is 5.75 Å². The number of likely N-dealkylation sites (tertiary alicyclic amines) is 1. The Kier molecular flexibility index (Phi) is 4.65. The van der Waals surface area contributed by atoms with Gasteiger partial charge >= 0.3 is 0 Å². The summed E-state index contributed by atoms with van der Waals surface area (Å²) in [6.45, 7) is 2.94. The molecule has 1 amide bonds. The predicted octanol–water partition coefficient (Wildman–Crippen LogP) is 3.44. The number of piperidine rings is 1. The summed E-state index contributed by atoms with van der Waals surface area (Å²) in [5.41, 5.74) is 1.98. The molecule has 0 radical (unpaired) electrons. The number of nitrogens with zero attached hydrogens (tertiary/aromatic N) is 1. The fraction of sp³-hybridized carbons (Fsp3) is 0.300. The van der Waals surface area contributed by atoms with Gasteiger partial charge in [0.05, 0.1) is 5.56 Å². The first-order chi connectivity index (χ1) is 11.6. The van der Waals surface area contributed by atoms with Crippen LogP contribution in [0.2, 0.25) is 0 Å². The van der Waals surface area contributed by atoms with E-state index in [9.17, 15) is 14.7 Å². The number of carbonyl (C=O) groups is 2. The second-order valence-corrected chi connectivity index (χ2v) is 6.32. The first-order valence-electron chi connectivity index (χ1n) is 8.24. The molecule has 2 aromatic carbocycles. The number of Topliss-reactive ketones (excluding diaryl/α,β-unsaturated/α-hetero) is 1. The minimum atomic E-state index is -0.168. The van der Waals surface area contributed by atoms with E-state index in [2.05, 4.69) is 0 Å². The first kappa shape index (κ1) is 16.2. The van der Waals surface area contributed by atoms with Gasteiger partial charge in [0.25, 0.3) is 5.91 Å². The quantitative estimate of drug-likeness (QED) is 0.880. The summed E-state index contributed by atoms with van der Waals surface area (Å²) >= 11 is 0. The van der Waals surface area contributed by atoms with Crippen molar-refractivity contribution in [2.75, 3.05) is 13.1 Å². The van der Waals surface area contributed by atoms with Crippen molar-refractivity contribution in [3.05, 3.63) is 65.2 Å². The Morgan fingerprint density at radius 2 is 1.71 bits per heavy atom. The lowest BCUT2D eigenvalue weighted by molar-refractivity contribution is 0.0648. The van der Waals surface area contributed by atoms with Crippen LogP contribution in [0.1, 0.15) is 39.1 Å². The van der Waals surface area contributed by atoms with E-state index >= 15 is 0 Å². The van der Waals surface area contributed by atoms with Crippen LogP contribution in [0, 0.1) is 12.8 Å². The molecule has 3 rings (SSSR count). The van der Waals surface area contributed by atoms with Gasteiger partial charge in [0.15, 0.2) is 5.78 Å². The highest BCUT2D eigenvalue weighted by atomic mass is 16.3. The molecule has 24 heavy (non-hydrogen) atoms. The Morgan fingerprint density at radius 3 is 2.33 bits per heavy atom. The standard InChI is InChI=1S/C20H21NO3/c1-14-7-8-17(18(22)13-14)20(24)21-11-9-16(10-12-21)19(23)15-5-3-2-4-6-15/h2-8,13,16,22H,9-12H2,1H3. The Bertz CT molecular complexity index is 747. The molecule has 0 aliphatic carbocycles. The molecule has 1 N–H and O–H groups in total. The van der Waals surface area contributed by atoms with Crippen molar-refractivity contribution in [2.24, 2.45) is 5.92 Å². The molecule has 0 bridgehead atoms. The molecule has 1 heterocycles. The molecule has 1 fully saturated rings. The average Bonchev–Trinajstić information content (AvgIpc) is 2.61. The Hall–Kier alpha value is -2.62. The molecule has 0 unspecified atom stereocenters. The fourth-order valence-electron chi connectivity index (χ4n) is 3.18. The van der Waals surface area contributed by atoms with Gasteiger partial charge in [-0.3, -0.25) is 9.59 Å². The number of carbonyl (C=O) groups excluding carboxylic acids is 2. The van der Waals surface area contributed by atoms with Crippen molar-refractivity contribution in [3.8, 4) is 5.75 Å². The predicted molar refractivity (Wildman–Crippen MR) is 92.2 cm³/mol. The number of aryl methyl sites for hydroxylation is 1. The molecule has 1 aliphatic heterocycles. The number of amides is 1. The van der Waals surface area contributed by atoms with Crippen molar-refractivity contribution in [3.63, 3.8) is 0 Å². The summed E-state index contributed by atoms with van der Waals surface area (Å²) < 4.78 is 0. The zero-order chi connectivity index (χ0) is 17.1. The molecule has 0 saturated carbocycles. The number of phenolic OH excluding ortho intramolecular Hbond substituents is 1. The third kappa shape index (κ3) is 3.32. The van der Waals surface area contributed by atoms with E-state index < -0.39 is 0 Å². The summed E-state index contributed by atoms with van der Waals surface area (Å²) in [6, 6.07) is 14.4.